The minimum absolute atomic E-state index is 0.0303. The molecule has 1 aromatic carbocycles. The first-order valence-corrected chi connectivity index (χ1v) is 10.9. The molecule has 0 spiro atoms. The standard InChI is InChI=1S/C24H23Cl2N7O/c1-14-3-2-4-23(32-14)33-20(16-7-8-30-21(10-16)17(12-27)24(29)34)11-22(28)31-13-15-5-6-18(25)19(26)9-15/h2-12,27,30H,13H2,1H3,(H2,28,31)(H2,29,34)(H,32,33)/b20-11-,21-17+,27-12?. The Kier molecular flexibility index (Phi) is 8.24. The van der Waals surface area contributed by atoms with Crippen LogP contribution < -0.4 is 21.7 Å². The highest BCUT2D eigenvalue weighted by atomic mass is 35.5. The van der Waals surface area contributed by atoms with E-state index in [0.717, 1.165) is 17.5 Å². The summed E-state index contributed by atoms with van der Waals surface area (Å²) in [6.45, 7) is 2.24. The number of aryl methyl sites for hydroxylation is 1. The number of rotatable bonds is 8. The van der Waals surface area contributed by atoms with Gasteiger partial charge in [0.05, 0.1) is 27.0 Å². The van der Waals surface area contributed by atoms with Gasteiger partial charge in [0.1, 0.15) is 11.7 Å². The molecule has 2 heterocycles. The van der Waals surface area contributed by atoms with Crippen molar-refractivity contribution in [3.8, 4) is 0 Å². The molecule has 1 aliphatic rings. The number of carbonyl (C=O) groups excluding carboxylic acids is 1. The lowest BCUT2D eigenvalue weighted by atomic mass is 10.0. The second-order valence-corrected chi connectivity index (χ2v) is 8.09. The number of anilines is 1. The van der Waals surface area contributed by atoms with Crippen molar-refractivity contribution in [1.82, 2.24) is 15.6 Å². The number of benzene rings is 1. The molecule has 174 valence electrons. The van der Waals surface area contributed by atoms with Gasteiger partial charge in [-0.3, -0.25) is 10.2 Å². The Morgan fingerprint density at radius 3 is 2.71 bits per heavy atom. The number of nitrogens with one attached hydrogen (secondary N) is 5. The molecule has 8 nitrogen and oxygen atoms in total. The second kappa shape index (κ2) is 11.3. The predicted molar refractivity (Wildman–Crippen MR) is 137 cm³/mol. The number of aromatic nitrogens is 1. The zero-order valence-corrected chi connectivity index (χ0v) is 19.8. The molecule has 7 N–H and O–H groups in total. The van der Waals surface area contributed by atoms with Gasteiger partial charge in [0.25, 0.3) is 5.91 Å². The van der Waals surface area contributed by atoms with Crippen LogP contribution in [0.15, 0.2) is 83.4 Å². The Hall–Kier alpha value is -3.88. The zero-order valence-electron chi connectivity index (χ0n) is 18.2. The van der Waals surface area contributed by atoms with Crippen molar-refractivity contribution in [2.24, 2.45) is 5.73 Å². The quantitative estimate of drug-likeness (QED) is 0.185. The summed E-state index contributed by atoms with van der Waals surface area (Å²) in [6, 6.07) is 10.8. The highest BCUT2D eigenvalue weighted by Gasteiger charge is 2.14. The highest BCUT2D eigenvalue weighted by Crippen LogP contribution is 2.23. The van der Waals surface area contributed by atoms with Gasteiger partial charge >= 0.3 is 0 Å². The van der Waals surface area contributed by atoms with Crippen LogP contribution in [0.4, 0.5) is 5.82 Å². The Morgan fingerprint density at radius 2 is 2.03 bits per heavy atom. The molecule has 3 rings (SSSR count). The summed E-state index contributed by atoms with van der Waals surface area (Å²) in [5, 5.41) is 26.0. The maximum absolute atomic E-state index is 11.7. The average molecular weight is 496 g/mol. The van der Waals surface area contributed by atoms with Crippen molar-refractivity contribution in [1.29, 1.82) is 10.8 Å². The zero-order chi connectivity index (χ0) is 24.7. The van der Waals surface area contributed by atoms with Crippen molar-refractivity contribution in [2.75, 3.05) is 5.32 Å². The molecule has 0 bridgehead atoms. The third-order valence-corrected chi connectivity index (χ3v) is 5.46. The lowest BCUT2D eigenvalue weighted by Gasteiger charge is -2.18. The minimum atomic E-state index is -0.724. The molecule has 10 heteroatoms. The lowest BCUT2D eigenvalue weighted by molar-refractivity contribution is -0.114. The summed E-state index contributed by atoms with van der Waals surface area (Å²) in [5.74, 6) is -0.0101. The monoisotopic (exact) mass is 495 g/mol. The largest absolute Gasteiger partial charge is 0.366 e. The van der Waals surface area contributed by atoms with E-state index in [1.54, 1.807) is 36.6 Å². The highest BCUT2D eigenvalue weighted by molar-refractivity contribution is 6.42. The molecule has 1 aliphatic heterocycles. The van der Waals surface area contributed by atoms with Gasteiger partial charge < -0.3 is 27.1 Å². The predicted octanol–water partition coefficient (Wildman–Crippen LogP) is 4.19. The van der Waals surface area contributed by atoms with Crippen LogP contribution in [0.2, 0.25) is 10.0 Å². The van der Waals surface area contributed by atoms with E-state index in [9.17, 15) is 4.79 Å². The molecule has 0 aliphatic carbocycles. The van der Waals surface area contributed by atoms with E-state index in [0.29, 0.717) is 39.4 Å². The van der Waals surface area contributed by atoms with Crippen LogP contribution in [-0.4, -0.2) is 22.9 Å². The normalized spacial score (nSPS) is 14.6. The average Bonchev–Trinajstić information content (AvgIpc) is 2.80. The molecule has 0 radical (unpaired) electrons. The summed E-state index contributed by atoms with van der Waals surface area (Å²) in [7, 11) is 0. The smallest absolute Gasteiger partial charge is 0.252 e. The molecule has 0 atom stereocenters. The van der Waals surface area contributed by atoms with Crippen LogP contribution in [0.1, 0.15) is 11.3 Å². The van der Waals surface area contributed by atoms with E-state index >= 15 is 0 Å². The van der Waals surface area contributed by atoms with E-state index in [-0.39, 0.29) is 11.4 Å². The van der Waals surface area contributed by atoms with Gasteiger partial charge in [0, 0.05) is 36.3 Å². The number of hydrogen-bond acceptors (Lipinski definition) is 6. The molecular formula is C24H23Cl2N7O. The molecule has 0 unspecified atom stereocenters. The summed E-state index contributed by atoms with van der Waals surface area (Å²) in [4.78, 5) is 16.2. The van der Waals surface area contributed by atoms with Crippen molar-refractivity contribution in [3.05, 3.63) is 105 Å². The number of nitrogens with two attached hydrogens (primary N) is 1. The van der Waals surface area contributed by atoms with Crippen LogP contribution in [0.5, 0.6) is 0 Å². The first-order chi connectivity index (χ1) is 16.3. The first-order valence-electron chi connectivity index (χ1n) is 10.1. The fourth-order valence-corrected chi connectivity index (χ4v) is 3.38. The Balaban J connectivity index is 1.92. The number of nitrogens with zero attached hydrogens (tertiary/aromatic N) is 1. The fraction of sp³-hybridized carbons (Fsp3) is 0.0833. The maximum Gasteiger partial charge on any atom is 0.252 e. The summed E-state index contributed by atoms with van der Waals surface area (Å²) in [6.07, 6.45) is 7.58. The van der Waals surface area contributed by atoms with E-state index in [1.807, 2.05) is 31.2 Å². The summed E-state index contributed by atoms with van der Waals surface area (Å²) < 4.78 is 0. The van der Waals surface area contributed by atoms with Crippen LogP contribution in [-0.2, 0) is 11.3 Å². The SMILES string of the molecule is Cc1cccc(N/C(=C\C(=N)NCc2ccc(Cl)c(Cl)c2)C2=C/C(=C(/C=N)C(N)=O)NC=C2)n1. The first kappa shape index (κ1) is 24.8. The van der Waals surface area contributed by atoms with Crippen LogP contribution in [0.3, 0.4) is 0 Å². The number of primary amides is 1. The van der Waals surface area contributed by atoms with E-state index in [1.165, 1.54) is 0 Å². The van der Waals surface area contributed by atoms with Gasteiger partial charge in [-0.25, -0.2) is 4.98 Å². The summed E-state index contributed by atoms with van der Waals surface area (Å²) in [5.41, 5.74) is 8.69. The maximum atomic E-state index is 11.7. The summed E-state index contributed by atoms with van der Waals surface area (Å²) >= 11 is 12.0. The Labute approximate surface area is 207 Å². The molecule has 0 saturated carbocycles. The molecule has 0 fully saturated rings. The number of dihydropyridines is 1. The van der Waals surface area contributed by atoms with Gasteiger partial charge in [0.15, 0.2) is 0 Å². The lowest BCUT2D eigenvalue weighted by Crippen LogP contribution is -2.23. The third-order valence-electron chi connectivity index (χ3n) is 4.72. The number of carbonyl (C=O) groups is 1. The third kappa shape index (κ3) is 6.57. The van der Waals surface area contributed by atoms with E-state index in [2.05, 4.69) is 20.9 Å². The fourth-order valence-electron chi connectivity index (χ4n) is 3.06. The molecule has 34 heavy (non-hydrogen) atoms. The molecule has 1 amide bonds. The van der Waals surface area contributed by atoms with Crippen LogP contribution >= 0.6 is 23.2 Å². The second-order valence-electron chi connectivity index (χ2n) is 7.28. The number of allylic oxidation sites excluding steroid dienone is 2. The van der Waals surface area contributed by atoms with E-state index in [4.69, 9.17) is 39.8 Å². The Bertz CT molecular complexity index is 1260. The van der Waals surface area contributed by atoms with Gasteiger partial charge in [-0.05, 0) is 48.9 Å². The van der Waals surface area contributed by atoms with E-state index < -0.39 is 5.91 Å². The van der Waals surface area contributed by atoms with Crippen molar-refractivity contribution in [2.45, 2.75) is 13.5 Å². The van der Waals surface area contributed by atoms with Crippen molar-refractivity contribution in [3.63, 3.8) is 0 Å². The molecule has 0 saturated heterocycles. The van der Waals surface area contributed by atoms with Gasteiger partial charge in [-0.1, -0.05) is 35.3 Å². The molecule has 2 aromatic rings. The number of hydrogen-bond donors (Lipinski definition) is 6. The molecular weight excluding hydrogens is 473 g/mol. The number of amidine groups is 1. The van der Waals surface area contributed by atoms with Gasteiger partial charge in [-0.2, -0.15) is 0 Å². The van der Waals surface area contributed by atoms with Crippen molar-refractivity contribution < 1.29 is 4.79 Å². The van der Waals surface area contributed by atoms with Crippen LogP contribution in [0.25, 0.3) is 0 Å². The number of amides is 1. The van der Waals surface area contributed by atoms with Gasteiger partial charge in [-0.15, -0.1) is 0 Å². The number of halogens is 2. The topological polar surface area (TPSA) is 140 Å². The van der Waals surface area contributed by atoms with Gasteiger partial charge in [0.2, 0.25) is 0 Å². The van der Waals surface area contributed by atoms with Crippen LogP contribution in [0, 0.1) is 17.7 Å². The van der Waals surface area contributed by atoms with Crippen molar-refractivity contribution >= 4 is 47.0 Å². The Morgan fingerprint density at radius 1 is 1.24 bits per heavy atom. The minimum Gasteiger partial charge on any atom is -0.366 e. The molecule has 1 aromatic heterocycles. The number of pyridine rings is 1.